The van der Waals surface area contributed by atoms with Gasteiger partial charge in [0.25, 0.3) is 5.91 Å². The van der Waals surface area contributed by atoms with Gasteiger partial charge in [-0.1, -0.05) is 19.3 Å². The summed E-state index contributed by atoms with van der Waals surface area (Å²) in [5.41, 5.74) is 0.453. The molecule has 1 aliphatic rings. The van der Waals surface area contributed by atoms with E-state index in [1.165, 1.54) is 26.4 Å². The first kappa shape index (κ1) is 16.3. The Morgan fingerprint density at radius 1 is 1.14 bits per heavy atom. The molecule has 1 saturated carbocycles. The average molecular weight is 305 g/mol. The molecule has 0 bridgehead atoms. The first-order valence-electron chi connectivity index (χ1n) is 7.75. The molecule has 2 rings (SSSR count). The third-order valence-electron chi connectivity index (χ3n) is 3.91. The molecule has 0 radical (unpaired) electrons. The summed E-state index contributed by atoms with van der Waals surface area (Å²) in [6, 6.07) is 6.83. The van der Waals surface area contributed by atoms with Crippen molar-refractivity contribution in [1.82, 2.24) is 5.32 Å². The van der Waals surface area contributed by atoms with E-state index >= 15 is 0 Å². The fourth-order valence-electron chi connectivity index (χ4n) is 2.61. The van der Waals surface area contributed by atoms with Crippen LogP contribution < -0.4 is 10.1 Å². The van der Waals surface area contributed by atoms with Crippen molar-refractivity contribution in [3.05, 3.63) is 29.8 Å². The van der Waals surface area contributed by atoms with Crippen LogP contribution in [0.4, 0.5) is 0 Å². The van der Waals surface area contributed by atoms with Crippen molar-refractivity contribution in [1.29, 1.82) is 0 Å². The number of methoxy groups -OCH3 is 1. The number of ether oxygens (including phenoxy) is 2. The van der Waals surface area contributed by atoms with Crippen LogP contribution in [0, 0.1) is 0 Å². The molecule has 1 aromatic carbocycles. The Labute approximate surface area is 131 Å². The topological polar surface area (TPSA) is 64.6 Å². The molecule has 1 atom stereocenters. The fourth-order valence-corrected chi connectivity index (χ4v) is 2.61. The van der Waals surface area contributed by atoms with Crippen molar-refractivity contribution in [2.24, 2.45) is 0 Å². The number of nitrogens with one attached hydrogen (secondary N) is 1. The maximum absolute atomic E-state index is 12.1. The van der Waals surface area contributed by atoms with Crippen LogP contribution in [-0.4, -0.2) is 31.1 Å². The molecule has 1 aromatic rings. The Bertz CT molecular complexity index is 506. The summed E-state index contributed by atoms with van der Waals surface area (Å²) in [5, 5.41) is 3.04. The van der Waals surface area contributed by atoms with Crippen LogP contribution in [0.15, 0.2) is 24.3 Å². The maximum Gasteiger partial charge on any atom is 0.337 e. The number of rotatable bonds is 5. The molecule has 5 nitrogen and oxygen atoms in total. The van der Waals surface area contributed by atoms with Gasteiger partial charge in [0.05, 0.1) is 12.7 Å². The molecule has 22 heavy (non-hydrogen) atoms. The normalized spacial score (nSPS) is 16.6. The van der Waals surface area contributed by atoms with Crippen molar-refractivity contribution >= 4 is 11.9 Å². The van der Waals surface area contributed by atoms with E-state index in [0.717, 1.165) is 12.8 Å². The van der Waals surface area contributed by atoms with E-state index in [0.29, 0.717) is 11.3 Å². The molecule has 0 saturated heterocycles. The van der Waals surface area contributed by atoms with Gasteiger partial charge in [0.2, 0.25) is 0 Å². The van der Waals surface area contributed by atoms with E-state index in [2.05, 4.69) is 10.1 Å². The zero-order valence-electron chi connectivity index (χ0n) is 13.1. The number of carbonyl (C=O) groups excluding carboxylic acids is 2. The highest BCUT2D eigenvalue weighted by atomic mass is 16.5. The largest absolute Gasteiger partial charge is 0.481 e. The second-order valence-electron chi connectivity index (χ2n) is 5.62. The number of benzene rings is 1. The lowest BCUT2D eigenvalue weighted by Crippen LogP contribution is -2.43. The minimum absolute atomic E-state index is 0.0936. The monoisotopic (exact) mass is 305 g/mol. The first-order chi connectivity index (χ1) is 10.6. The SMILES string of the molecule is COC(=O)c1ccc(O[C@@H](C)C(=O)NC2CCCCC2)cc1. The highest BCUT2D eigenvalue weighted by molar-refractivity contribution is 5.89. The summed E-state index contributed by atoms with van der Waals surface area (Å²) in [4.78, 5) is 23.5. The van der Waals surface area contributed by atoms with E-state index in [1.807, 2.05) is 0 Å². The Morgan fingerprint density at radius 2 is 1.77 bits per heavy atom. The van der Waals surface area contributed by atoms with E-state index in [9.17, 15) is 9.59 Å². The molecule has 0 heterocycles. The van der Waals surface area contributed by atoms with Crippen LogP contribution in [0.2, 0.25) is 0 Å². The van der Waals surface area contributed by atoms with Gasteiger partial charge in [0, 0.05) is 6.04 Å². The van der Waals surface area contributed by atoms with Gasteiger partial charge < -0.3 is 14.8 Å². The average Bonchev–Trinajstić information content (AvgIpc) is 2.55. The second-order valence-corrected chi connectivity index (χ2v) is 5.62. The molecule has 0 spiro atoms. The minimum Gasteiger partial charge on any atom is -0.481 e. The van der Waals surface area contributed by atoms with Gasteiger partial charge in [0.15, 0.2) is 6.10 Å². The number of amides is 1. The Balaban J connectivity index is 1.86. The van der Waals surface area contributed by atoms with Crippen LogP contribution in [0.25, 0.3) is 0 Å². The first-order valence-corrected chi connectivity index (χ1v) is 7.75. The number of hydrogen-bond acceptors (Lipinski definition) is 4. The molecule has 0 aliphatic heterocycles. The highest BCUT2D eigenvalue weighted by Crippen LogP contribution is 2.18. The zero-order chi connectivity index (χ0) is 15.9. The van der Waals surface area contributed by atoms with Crippen LogP contribution in [0.3, 0.4) is 0 Å². The summed E-state index contributed by atoms with van der Waals surface area (Å²) in [5.74, 6) is 0.0672. The van der Waals surface area contributed by atoms with Crippen molar-refractivity contribution in [2.75, 3.05) is 7.11 Å². The van der Waals surface area contributed by atoms with Crippen LogP contribution in [0.5, 0.6) is 5.75 Å². The van der Waals surface area contributed by atoms with Gasteiger partial charge in [0.1, 0.15) is 5.75 Å². The predicted molar refractivity (Wildman–Crippen MR) is 82.9 cm³/mol. The van der Waals surface area contributed by atoms with Crippen molar-refractivity contribution < 1.29 is 19.1 Å². The van der Waals surface area contributed by atoms with E-state index in [4.69, 9.17) is 4.74 Å². The summed E-state index contributed by atoms with van der Waals surface area (Å²) >= 11 is 0. The molecule has 1 aliphatic carbocycles. The van der Waals surface area contributed by atoms with Gasteiger partial charge in [-0.3, -0.25) is 4.79 Å². The van der Waals surface area contributed by atoms with Crippen molar-refractivity contribution in [3.63, 3.8) is 0 Å². The quantitative estimate of drug-likeness (QED) is 0.850. The van der Waals surface area contributed by atoms with Crippen molar-refractivity contribution in [2.45, 2.75) is 51.2 Å². The van der Waals surface area contributed by atoms with E-state index in [-0.39, 0.29) is 11.9 Å². The lowest BCUT2D eigenvalue weighted by molar-refractivity contribution is -0.128. The lowest BCUT2D eigenvalue weighted by atomic mass is 9.95. The molecular weight excluding hydrogens is 282 g/mol. The van der Waals surface area contributed by atoms with Gasteiger partial charge in [-0.25, -0.2) is 4.79 Å². The Kier molecular flexibility index (Phi) is 5.81. The van der Waals surface area contributed by atoms with Crippen LogP contribution in [-0.2, 0) is 9.53 Å². The summed E-state index contributed by atoms with van der Waals surface area (Å²) < 4.78 is 10.3. The molecule has 0 unspecified atom stereocenters. The van der Waals surface area contributed by atoms with Gasteiger partial charge >= 0.3 is 5.97 Å². The van der Waals surface area contributed by atoms with Gasteiger partial charge in [-0.05, 0) is 44.0 Å². The van der Waals surface area contributed by atoms with Crippen molar-refractivity contribution in [3.8, 4) is 5.75 Å². The number of carbonyl (C=O) groups is 2. The molecule has 5 heteroatoms. The van der Waals surface area contributed by atoms with Gasteiger partial charge in [-0.2, -0.15) is 0 Å². The highest BCUT2D eigenvalue weighted by Gasteiger charge is 2.20. The van der Waals surface area contributed by atoms with E-state index in [1.54, 1.807) is 31.2 Å². The molecule has 0 aromatic heterocycles. The molecule has 1 N–H and O–H groups in total. The van der Waals surface area contributed by atoms with E-state index < -0.39 is 12.1 Å². The van der Waals surface area contributed by atoms with Gasteiger partial charge in [-0.15, -0.1) is 0 Å². The Morgan fingerprint density at radius 3 is 2.36 bits per heavy atom. The second kappa shape index (κ2) is 7.82. The molecule has 1 fully saturated rings. The smallest absolute Gasteiger partial charge is 0.337 e. The summed E-state index contributed by atoms with van der Waals surface area (Å²) in [7, 11) is 1.34. The number of esters is 1. The molecule has 1 amide bonds. The summed E-state index contributed by atoms with van der Waals surface area (Å²) in [6.07, 6.45) is 5.14. The molecule has 120 valence electrons. The Hall–Kier alpha value is -2.04. The van der Waals surface area contributed by atoms with Crippen LogP contribution in [0.1, 0.15) is 49.4 Å². The third-order valence-corrected chi connectivity index (χ3v) is 3.91. The zero-order valence-corrected chi connectivity index (χ0v) is 13.1. The predicted octanol–water partition coefficient (Wildman–Crippen LogP) is 2.69. The maximum atomic E-state index is 12.1. The third kappa shape index (κ3) is 4.48. The lowest BCUT2D eigenvalue weighted by Gasteiger charge is -2.24. The standard InChI is InChI=1S/C17H23NO4/c1-12(16(19)18-14-6-4-3-5-7-14)22-15-10-8-13(9-11-15)17(20)21-2/h8-12,14H,3-7H2,1-2H3,(H,18,19)/t12-/m0/s1. The minimum atomic E-state index is -0.564. The number of hydrogen-bond donors (Lipinski definition) is 1. The fraction of sp³-hybridized carbons (Fsp3) is 0.529. The van der Waals surface area contributed by atoms with Crippen LogP contribution >= 0.6 is 0 Å². The molecular formula is C17H23NO4. The summed E-state index contributed by atoms with van der Waals surface area (Å²) in [6.45, 7) is 1.73.